The Labute approximate surface area is 213 Å². The summed E-state index contributed by atoms with van der Waals surface area (Å²) in [5.41, 5.74) is -0.170. The molecule has 198 valence electrons. The van der Waals surface area contributed by atoms with Crippen LogP contribution in [0.2, 0.25) is 0 Å². The molecule has 0 bridgehead atoms. The van der Waals surface area contributed by atoms with Gasteiger partial charge in [-0.05, 0) is 88.6 Å². The maximum absolute atomic E-state index is 16.2. The van der Waals surface area contributed by atoms with Crippen molar-refractivity contribution in [2.45, 2.75) is 83.7 Å². The van der Waals surface area contributed by atoms with Crippen molar-refractivity contribution in [3.63, 3.8) is 0 Å². The van der Waals surface area contributed by atoms with E-state index in [0.29, 0.717) is 22.8 Å². The summed E-state index contributed by atoms with van der Waals surface area (Å²) in [4.78, 5) is 12.3. The first-order valence-corrected chi connectivity index (χ1v) is 12.8. The maximum Gasteiger partial charge on any atom is 0.419 e. The Morgan fingerprint density at radius 2 is 1.78 bits per heavy atom. The number of halogens is 5. The van der Waals surface area contributed by atoms with Gasteiger partial charge >= 0.3 is 12.1 Å². The van der Waals surface area contributed by atoms with Gasteiger partial charge in [0, 0.05) is 15.9 Å². The van der Waals surface area contributed by atoms with E-state index in [1.54, 1.807) is 26.8 Å². The van der Waals surface area contributed by atoms with Crippen molar-refractivity contribution >= 4 is 17.9 Å². The molecule has 36 heavy (non-hydrogen) atoms. The van der Waals surface area contributed by atoms with Crippen LogP contribution in [0.4, 0.5) is 22.0 Å². The lowest BCUT2D eigenvalue weighted by Gasteiger charge is -2.27. The molecule has 1 fully saturated rings. The third kappa shape index (κ3) is 6.40. The first kappa shape index (κ1) is 28.4. The van der Waals surface area contributed by atoms with Crippen LogP contribution in [-0.4, -0.2) is 17.3 Å². The van der Waals surface area contributed by atoms with Crippen molar-refractivity contribution < 1.29 is 31.5 Å². The quantitative estimate of drug-likeness (QED) is 0.213. The first-order chi connectivity index (χ1) is 16.7. The molecule has 1 aliphatic carbocycles. The van der Waals surface area contributed by atoms with Crippen LogP contribution >= 0.6 is 11.9 Å². The van der Waals surface area contributed by atoms with Gasteiger partial charge in [-0.15, -0.1) is 0 Å². The van der Waals surface area contributed by atoms with E-state index in [-0.39, 0.29) is 18.1 Å². The molecule has 1 atom stereocenters. The average Bonchev–Trinajstić information content (AvgIpc) is 3.57. The smallest absolute Gasteiger partial charge is 0.419 e. The summed E-state index contributed by atoms with van der Waals surface area (Å²) in [6.45, 7) is 10.5. The Balaban J connectivity index is 2.28. The molecule has 3 nitrogen and oxygen atoms in total. The lowest BCUT2D eigenvalue weighted by Crippen LogP contribution is -2.27. The van der Waals surface area contributed by atoms with Crippen LogP contribution in [-0.2, 0) is 15.7 Å². The summed E-state index contributed by atoms with van der Waals surface area (Å²) in [5, 5.41) is 0. The lowest BCUT2D eigenvalue weighted by atomic mass is 9.87. The largest absolute Gasteiger partial charge is 0.466 e. The molecular weight excluding hydrogens is 497 g/mol. The molecule has 0 aromatic heterocycles. The monoisotopic (exact) mass is 529 g/mol. The third-order valence-electron chi connectivity index (χ3n) is 6.07. The number of carbonyl (C=O) groups excluding carboxylic acids is 1. The third-order valence-corrected chi connectivity index (χ3v) is 7.09. The second-order valence-corrected chi connectivity index (χ2v) is 11.8. The highest BCUT2D eigenvalue weighted by molar-refractivity contribution is 7.98. The number of nitrogens with one attached hydrogen (secondary N) is 1. The zero-order valence-electron chi connectivity index (χ0n) is 21.3. The van der Waals surface area contributed by atoms with Crippen molar-refractivity contribution in [3.05, 3.63) is 57.7 Å². The van der Waals surface area contributed by atoms with E-state index < -0.39 is 52.1 Å². The topological polar surface area (TPSA) is 38.3 Å². The number of rotatable bonds is 8. The standard InChI is InChI=1S/C27H32F5NO2S/c1-7-35-21(34)13-20(33-36-26(4,5)6)23-24(28)18(12-19(25(23)29)27(30,31)32)22-14(2)8-11-17(15(22)3)16-9-10-16/h8,11-12,16,20,33H,7,9-10,13H2,1-6H3/t20-/m0/s1. The molecule has 0 aliphatic heterocycles. The molecule has 0 radical (unpaired) electrons. The van der Waals surface area contributed by atoms with Gasteiger partial charge in [-0.2, -0.15) is 13.2 Å². The summed E-state index contributed by atoms with van der Waals surface area (Å²) in [7, 11) is 0. The zero-order chi connectivity index (χ0) is 27.0. The minimum atomic E-state index is -5.07. The predicted molar refractivity (Wildman–Crippen MR) is 133 cm³/mol. The molecule has 0 spiro atoms. The van der Waals surface area contributed by atoms with Crippen LogP contribution in [0.5, 0.6) is 0 Å². The SMILES string of the molecule is CCOC(=O)C[C@H](NSC(C)(C)C)c1c(F)c(-c2c(C)ccc(C3CC3)c2C)cc(C(F)(F)F)c1F. The summed E-state index contributed by atoms with van der Waals surface area (Å²) < 4.78 is 81.1. The molecule has 0 saturated heterocycles. The minimum Gasteiger partial charge on any atom is -0.466 e. The Kier molecular flexibility index (Phi) is 8.45. The van der Waals surface area contributed by atoms with E-state index >= 15 is 8.78 Å². The summed E-state index contributed by atoms with van der Waals surface area (Å²) >= 11 is 1.08. The first-order valence-electron chi connectivity index (χ1n) is 11.9. The number of benzene rings is 2. The predicted octanol–water partition coefficient (Wildman–Crippen LogP) is 8.18. The Morgan fingerprint density at radius 1 is 1.14 bits per heavy atom. The van der Waals surface area contributed by atoms with Crippen LogP contribution in [0.3, 0.4) is 0 Å². The fourth-order valence-electron chi connectivity index (χ4n) is 4.30. The van der Waals surface area contributed by atoms with Gasteiger partial charge in [0.2, 0.25) is 0 Å². The molecule has 2 aromatic carbocycles. The molecule has 1 N–H and O–H groups in total. The lowest BCUT2D eigenvalue weighted by molar-refractivity contribution is -0.143. The molecule has 3 rings (SSSR count). The Morgan fingerprint density at radius 3 is 2.31 bits per heavy atom. The average molecular weight is 530 g/mol. The van der Waals surface area contributed by atoms with Gasteiger partial charge < -0.3 is 4.74 Å². The van der Waals surface area contributed by atoms with E-state index in [1.165, 1.54) is 0 Å². The van der Waals surface area contributed by atoms with Crippen LogP contribution in [0.15, 0.2) is 18.2 Å². The normalized spacial score (nSPS) is 15.2. The number of hydrogen-bond acceptors (Lipinski definition) is 4. The minimum absolute atomic E-state index is 0.0309. The highest BCUT2D eigenvalue weighted by Crippen LogP contribution is 2.47. The van der Waals surface area contributed by atoms with E-state index in [1.807, 2.05) is 26.8 Å². The highest BCUT2D eigenvalue weighted by atomic mass is 32.2. The molecule has 0 amide bonds. The van der Waals surface area contributed by atoms with E-state index in [0.717, 1.165) is 30.4 Å². The second-order valence-electron chi connectivity index (χ2n) is 10.2. The van der Waals surface area contributed by atoms with Crippen molar-refractivity contribution in [2.24, 2.45) is 0 Å². The molecule has 1 aliphatic rings. The van der Waals surface area contributed by atoms with Gasteiger partial charge in [-0.1, -0.05) is 24.1 Å². The highest BCUT2D eigenvalue weighted by Gasteiger charge is 2.40. The summed E-state index contributed by atoms with van der Waals surface area (Å²) in [6.07, 6.45) is -3.68. The van der Waals surface area contributed by atoms with Crippen LogP contribution in [0, 0.1) is 25.5 Å². The summed E-state index contributed by atoms with van der Waals surface area (Å²) in [5.74, 6) is -3.33. The second kappa shape index (κ2) is 10.7. The Hall–Kier alpha value is -2.13. The van der Waals surface area contributed by atoms with E-state index in [2.05, 4.69) is 4.72 Å². The van der Waals surface area contributed by atoms with Gasteiger partial charge in [0.25, 0.3) is 0 Å². The number of esters is 1. The number of alkyl halides is 3. The number of carbonyl (C=O) groups is 1. The van der Waals surface area contributed by atoms with Gasteiger partial charge in [-0.3, -0.25) is 9.52 Å². The molecule has 2 aromatic rings. The van der Waals surface area contributed by atoms with Crippen LogP contribution < -0.4 is 4.72 Å². The molecule has 1 saturated carbocycles. The van der Waals surface area contributed by atoms with Gasteiger partial charge in [-0.25, -0.2) is 8.78 Å². The van der Waals surface area contributed by atoms with Crippen molar-refractivity contribution in [1.29, 1.82) is 0 Å². The number of ether oxygens (including phenoxy) is 1. The maximum atomic E-state index is 16.2. The number of hydrogen-bond donors (Lipinski definition) is 1. The molecule has 0 unspecified atom stereocenters. The summed E-state index contributed by atoms with van der Waals surface area (Å²) in [6, 6.07) is 2.85. The van der Waals surface area contributed by atoms with E-state index in [9.17, 15) is 18.0 Å². The van der Waals surface area contributed by atoms with Crippen LogP contribution in [0.25, 0.3) is 11.1 Å². The number of aryl methyl sites for hydroxylation is 1. The van der Waals surface area contributed by atoms with Crippen molar-refractivity contribution in [2.75, 3.05) is 6.61 Å². The Bertz CT molecular complexity index is 1140. The van der Waals surface area contributed by atoms with Gasteiger partial charge in [0.05, 0.1) is 24.6 Å². The zero-order valence-corrected chi connectivity index (χ0v) is 22.1. The fraction of sp³-hybridized carbons (Fsp3) is 0.519. The van der Waals surface area contributed by atoms with E-state index in [4.69, 9.17) is 4.74 Å². The van der Waals surface area contributed by atoms with Crippen LogP contribution in [0.1, 0.15) is 86.7 Å². The fourth-order valence-corrected chi connectivity index (χ4v) is 5.00. The van der Waals surface area contributed by atoms with Crippen molar-refractivity contribution in [1.82, 2.24) is 4.72 Å². The molecule has 0 heterocycles. The van der Waals surface area contributed by atoms with Crippen molar-refractivity contribution in [3.8, 4) is 11.1 Å². The molecular formula is C27H32F5NO2S. The molecule has 9 heteroatoms. The van der Waals surface area contributed by atoms with Gasteiger partial charge in [0.1, 0.15) is 11.6 Å². The van der Waals surface area contributed by atoms with Gasteiger partial charge in [0.15, 0.2) is 0 Å².